The number of amides is 2. The van der Waals surface area contributed by atoms with Gasteiger partial charge in [-0.05, 0) is 19.8 Å². The molecule has 1 saturated heterocycles. The fourth-order valence-corrected chi connectivity index (χ4v) is 1.42. The molecule has 0 aliphatic carbocycles. The molecule has 1 aliphatic heterocycles. The molecular formula is C10H17NO3. The average molecular weight is 199 g/mol. The van der Waals surface area contributed by atoms with Gasteiger partial charge in [0.15, 0.2) is 0 Å². The van der Waals surface area contributed by atoms with Crippen LogP contribution in [0.5, 0.6) is 0 Å². The summed E-state index contributed by atoms with van der Waals surface area (Å²) >= 11 is 0. The van der Waals surface area contributed by atoms with Crippen molar-refractivity contribution in [2.24, 2.45) is 5.92 Å². The van der Waals surface area contributed by atoms with Crippen LogP contribution in [0.25, 0.3) is 0 Å². The monoisotopic (exact) mass is 199 g/mol. The Kier molecular flexibility index (Phi) is 2.83. The number of rotatable bonds is 2. The van der Waals surface area contributed by atoms with E-state index in [2.05, 4.69) is 0 Å². The van der Waals surface area contributed by atoms with Gasteiger partial charge in [0.05, 0.1) is 6.54 Å². The summed E-state index contributed by atoms with van der Waals surface area (Å²) in [5, 5.41) is 0. The Bertz CT molecular complexity index is 258. The molecule has 0 aromatic heterocycles. The standard InChI is InChI=1S/C10H17NO3/c1-7(2)5-8(12)11-6-10(3,4)14-9(11)13/h7H,5-6H2,1-4H3. The van der Waals surface area contributed by atoms with Crippen molar-refractivity contribution in [1.82, 2.24) is 4.90 Å². The van der Waals surface area contributed by atoms with E-state index in [1.165, 1.54) is 4.90 Å². The molecule has 0 bridgehead atoms. The lowest BCUT2D eigenvalue weighted by atomic mass is 10.1. The first-order valence-corrected chi connectivity index (χ1v) is 4.85. The highest BCUT2D eigenvalue weighted by atomic mass is 16.6. The van der Waals surface area contributed by atoms with E-state index in [9.17, 15) is 9.59 Å². The van der Waals surface area contributed by atoms with Crippen LogP contribution in [0.3, 0.4) is 0 Å². The van der Waals surface area contributed by atoms with Gasteiger partial charge in [-0.3, -0.25) is 4.79 Å². The molecule has 1 fully saturated rings. The summed E-state index contributed by atoms with van der Waals surface area (Å²) < 4.78 is 5.03. The molecule has 1 rings (SSSR count). The summed E-state index contributed by atoms with van der Waals surface area (Å²) in [6.07, 6.45) is -0.119. The number of cyclic esters (lactones) is 1. The topological polar surface area (TPSA) is 46.6 Å². The van der Waals surface area contributed by atoms with Crippen LogP contribution >= 0.6 is 0 Å². The van der Waals surface area contributed by atoms with Crippen LogP contribution in [0.2, 0.25) is 0 Å². The minimum Gasteiger partial charge on any atom is -0.441 e. The molecule has 2 amide bonds. The predicted molar refractivity (Wildman–Crippen MR) is 51.7 cm³/mol. The van der Waals surface area contributed by atoms with Gasteiger partial charge in [0, 0.05) is 6.42 Å². The van der Waals surface area contributed by atoms with Crippen molar-refractivity contribution in [3.8, 4) is 0 Å². The maximum Gasteiger partial charge on any atom is 0.417 e. The number of carbonyl (C=O) groups is 2. The summed E-state index contributed by atoms with van der Waals surface area (Å²) in [5.74, 6) is 0.120. The molecule has 0 atom stereocenters. The van der Waals surface area contributed by atoms with Crippen molar-refractivity contribution in [1.29, 1.82) is 0 Å². The van der Waals surface area contributed by atoms with Crippen molar-refractivity contribution < 1.29 is 14.3 Å². The lowest BCUT2D eigenvalue weighted by Gasteiger charge is -2.15. The number of imide groups is 1. The molecule has 14 heavy (non-hydrogen) atoms. The normalized spacial score (nSPS) is 20.1. The van der Waals surface area contributed by atoms with Crippen LogP contribution in [0.15, 0.2) is 0 Å². The lowest BCUT2D eigenvalue weighted by molar-refractivity contribution is -0.128. The summed E-state index contributed by atoms with van der Waals surface area (Å²) in [4.78, 5) is 24.1. The molecule has 0 radical (unpaired) electrons. The van der Waals surface area contributed by atoms with Crippen molar-refractivity contribution in [2.75, 3.05) is 6.54 Å². The first-order valence-electron chi connectivity index (χ1n) is 4.85. The second-order valence-electron chi connectivity index (χ2n) is 4.71. The van der Waals surface area contributed by atoms with Gasteiger partial charge in [0.2, 0.25) is 5.91 Å². The predicted octanol–water partition coefficient (Wildman–Crippen LogP) is 1.79. The van der Waals surface area contributed by atoms with Gasteiger partial charge < -0.3 is 4.74 Å². The van der Waals surface area contributed by atoms with Crippen molar-refractivity contribution in [3.63, 3.8) is 0 Å². The largest absolute Gasteiger partial charge is 0.441 e. The number of nitrogens with zero attached hydrogens (tertiary/aromatic N) is 1. The van der Waals surface area contributed by atoms with E-state index in [4.69, 9.17) is 4.74 Å². The fourth-order valence-electron chi connectivity index (χ4n) is 1.42. The quantitative estimate of drug-likeness (QED) is 0.681. The van der Waals surface area contributed by atoms with Crippen molar-refractivity contribution in [3.05, 3.63) is 0 Å². The minimum absolute atomic E-state index is 0.143. The van der Waals surface area contributed by atoms with Gasteiger partial charge in [-0.15, -0.1) is 0 Å². The highest BCUT2D eigenvalue weighted by Crippen LogP contribution is 2.22. The van der Waals surface area contributed by atoms with Gasteiger partial charge in [-0.1, -0.05) is 13.8 Å². The van der Waals surface area contributed by atoms with E-state index in [0.717, 1.165) is 0 Å². The Morgan fingerprint density at radius 1 is 1.57 bits per heavy atom. The Morgan fingerprint density at radius 3 is 2.50 bits per heavy atom. The van der Waals surface area contributed by atoms with E-state index >= 15 is 0 Å². The molecule has 0 spiro atoms. The van der Waals surface area contributed by atoms with Crippen LogP contribution in [0.4, 0.5) is 4.79 Å². The maximum atomic E-state index is 11.6. The summed E-state index contributed by atoms with van der Waals surface area (Å²) in [5.41, 5.74) is -0.538. The van der Waals surface area contributed by atoms with Gasteiger partial charge >= 0.3 is 6.09 Å². The zero-order chi connectivity index (χ0) is 10.9. The van der Waals surface area contributed by atoms with Crippen molar-refractivity contribution >= 4 is 12.0 Å². The number of carbonyl (C=O) groups excluding carboxylic acids is 2. The number of ether oxygens (including phenoxy) is 1. The third-order valence-electron chi connectivity index (χ3n) is 2.01. The molecule has 0 unspecified atom stereocenters. The van der Waals surface area contributed by atoms with E-state index in [1.54, 1.807) is 13.8 Å². The Labute approximate surface area is 84.2 Å². The lowest BCUT2D eigenvalue weighted by Crippen LogP contribution is -2.34. The molecule has 0 saturated carbocycles. The average Bonchev–Trinajstić information content (AvgIpc) is 2.23. The van der Waals surface area contributed by atoms with Gasteiger partial charge in [-0.2, -0.15) is 0 Å². The first kappa shape index (κ1) is 11.0. The number of hydrogen-bond acceptors (Lipinski definition) is 3. The van der Waals surface area contributed by atoms with Gasteiger partial charge in [0.1, 0.15) is 5.60 Å². The second-order valence-corrected chi connectivity index (χ2v) is 4.71. The first-order chi connectivity index (χ1) is 6.32. The highest BCUT2D eigenvalue weighted by molar-refractivity contribution is 5.93. The molecule has 4 nitrogen and oxygen atoms in total. The summed E-state index contributed by atoms with van der Waals surface area (Å²) in [6, 6.07) is 0. The molecule has 1 heterocycles. The molecule has 0 aromatic carbocycles. The van der Waals surface area contributed by atoms with Gasteiger partial charge in [-0.25, -0.2) is 9.69 Å². The molecule has 0 N–H and O–H groups in total. The van der Waals surface area contributed by atoms with E-state index in [1.807, 2.05) is 13.8 Å². The Morgan fingerprint density at radius 2 is 2.14 bits per heavy atom. The van der Waals surface area contributed by atoms with E-state index in [0.29, 0.717) is 13.0 Å². The van der Waals surface area contributed by atoms with E-state index in [-0.39, 0.29) is 11.8 Å². The van der Waals surface area contributed by atoms with Crippen LogP contribution in [0, 0.1) is 5.92 Å². The fraction of sp³-hybridized carbons (Fsp3) is 0.800. The van der Waals surface area contributed by atoms with Crippen LogP contribution in [-0.4, -0.2) is 29.0 Å². The molecule has 0 aromatic rings. The summed E-state index contributed by atoms with van der Waals surface area (Å²) in [7, 11) is 0. The Balaban J connectivity index is 2.62. The van der Waals surface area contributed by atoms with E-state index < -0.39 is 11.7 Å². The van der Waals surface area contributed by atoms with Crippen LogP contribution in [-0.2, 0) is 9.53 Å². The minimum atomic E-state index is -0.538. The summed E-state index contributed by atoms with van der Waals surface area (Å²) in [6.45, 7) is 7.85. The highest BCUT2D eigenvalue weighted by Gasteiger charge is 2.40. The smallest absolute Gasteiger partial charge is 0.417 e. The molecule has 1 aliphatic rings. The molecule has 80 valence electrons. The third-order valence-corrected chi connectivity index (χ3v) is 2.01. The van der Waals surface area contributed by atoms with Crippen LogP contribution < -0.4 is 0 Å². The second kappa shape index (κ2) is 3.59. The van der Waals surface area contributed by atoms with Crippen LogP contribution in [0.1, 0.15) is 34.1 Å². The zero-order valence-corrected chi connectivity index (χ0v) is 9.16. The maximum absolute atomic E-state index is 11.6. The Hall–Kier alpha value is -1.06. The van der Waals surface area contributed by atoms with Crippen molar-refractivity contribution in [2.45, 2.75) is 39.7 Å². The zero-order valence-electron chi connectivity index (χ0n) is 9.16. The van der Waals surface area contributed by atoms with Gasteiger partial charge in [0.25, 0.3) is 0 Å². The molecule has 4 heteroatoms. The third kappa shape index (κ3) is 2.47. The number of hydrogen-bond donors (Lipinski definition) is 0. The molecular weight excluding hydrogens is 182 g/mol. The SMILES string of the molecule is CC(C)CC(=O)N1CC(C)(C)OC1=O.